The Balaban J connectivity index is 2.12. The molecular weight excluding hydrogens is 222 g/mol. The van der Waals surface area contributed by atoms with Crippen LogP contribution in [0.3, 0.4) is 0 Å². The van der Waals surface area contributed by atoms with Crippen LogP contribution in [0.15, 0.2) is 17.4 Å². The number of aromatic nitrogens is 2. The molecule has 92 valence electrons. The number of aryl methyl sites for hydroxylation is 1. The smallest absolute Gasteiger partial charge is 0.170 e. The van der Waals surface area contributed by atoms with Gasteiger partial charge >= 0.3 is 0 Å². The minimum Gasteiger partial charge on any atom is -0.409 e. The Morgan fingerprint density at radius 1 is 1.71 bits per heavy atom. The lowest BCUT2D eigenvalue weighted by Crippen LogP contribution is -2.48. The molecular formula is C10H15N5O2. The van der Waals surface area contributed by atoms with Gasteiger partial charge in [-0.1, -0.05) is 5.16 Å². The molecule has 7 heteroatoms. The Morgan fingerprint density at radius 3 is 3.24 bits per heavy atom. The number of anilines is 1. The Hall–Kier alpha value is -1.89. The van der Waals surface area contributed by atoms with E-state index in [-0.39, 0.29) is 5.84 Å². The second-order valence-corrected chi connectivity index (χ2v) is 3.79. The van der Waals surface area contributed by atoms with Crippen molar-refractivity contribution in [3.8, 4) is 0 Å². The zero-order valence-corrected chi connectivity index (χ0v) is 9.58. The number of hydrogen-bond donors (Lipinski definition) is 2. The molecule has 1 aromatic rings. The van der Waals surface area contributed by atoms with Crippen LogP contribution in [0.2, 0.25) is 0 Å². The predicted octanol–water partition coefficient (Wildman–Crippen LogP) is -0.263. The first kappa shape index (κ1) is 11.6. The van der Waals surface area contributed by atoms with Gasteiger partial charge in [0.2, 0.25) is 0 Å². The molecule has 1 saturated heterocycles. The van der Waals surface area contributed by atoms with Crippen LogP contribution in [0.1, 0.15) is 5.82 Å². The van der Waals surface area contributed by atoms with Crippen molar-refractivity contribution in [1.29, 1.82) is 0 Å². The van der Waals surface area contributed by atoms with Gasteiger partial charge in [-0.05, 0) is 13.0 Å². The molecule has 0 spiro atoms. The summed E-state index contributed by atoms with van der Waals surface area (Å²) in [4.78, 5) is 10.4. The molecule has 1 aliphatic heterocycles. The van der Waals surface area contributed by atoms with E-state index < -0.39 is 6.10 Å². The average molecular weight is 237 g/mol. The molecule has 0 aromatic carbocycles. The molecule has 3 N–H and O–H groups in total. The summed E-state index contributed by atoms with van der Waals surface area (Å²) < 4.78 is 5.41. The van der Waals surface area contributed by atoms with E-state index in [9.17, 15) is 0 Å². The Bertz CT molecular complexity index is 423. The number of nitrogens with zero attached hydrogens (tertiary/aromatic N) is 4. The van der Waals surface area contributed by atoms with Crippen molar-refractivity contribution < 1.29 is 9.94 Å². The average Bonchev–Trinajstić information content (AvgIpc) is 2.38. The maximum absolute atomic E-state index is 8.63. The van der Waals surface area contributed by atoms with Crippen LogP contribution in [-0.4, -0.2) is 46.8 Å². The molecule has 0 bridgehead atoms. The van der Waals surface area contributed by atoms with Crippen LogP contribution in [0.5, 0.6) is 0 Å². The van der Waals surface area contributed by atoms with E-state index in [1.165, 1.54) is 0 Å². The zero-order chi connectivity index (χ0) is 12.3. The number of amidine groups is 1. The molecule has 0 saturated carbocycles. The first-order valence-corrected chi connectivity index (χ1v) is 5.34. The van der Waals surface area contributed by atoms with E-state index in [1.54, 1.807) is 6.20 Å². The summed E-state index contributed by atoms with van der Waals surface area (Å²) in [5, 5.41) is 11.6. The summed E-state index contributed by atoms with van der Waals surface area (Å²) in [5.74, 6) is 1.63. The van der Waals surface area contributed by atoms with E-state index in [2.05, 4.69) is 15.1 Å². The quantitative estimate of drug-likeness (QED) is 0.318. The number of ether oxygens (including phenoxy) is 1. The van der Waals surface area contributed by atoms with E-state index in [0.29, 0.717) is 19.0 Å². The van der Waals surface area contributed by atoms with Gasteiger partial charge in [-0.15, -0.1) is 0 Å². The first-order valence-electron chi connectivity index (χ1n) is 5.34. The summed E-state index contributed by atoms with van der Waals surface area (Å²) in [7, 11) is 0. The standard InChI is InChI=1S/C10H15N5O2/c1-7-12-3-2-9(13-7)15-4-5-17-8(6-15)10(11)14-16/h2-3,8,16H,4-6H2,1H3,(H2,11,14). The van der Waals surface area contributed by atoms with Gasteiger partial charge in [-0.3, -0.25) is 0 Å². The van der Waals surface area contributed by atoms with Gasteiger partial charge in [-0.25, -0.2) is 9.97 Å². The third-order valence-electron chi connectivity index (χ3n) is 2.60. The molecule has 17 heavy (non-hydrogen) atoms. The van der Waals surface area contributed by atoms with Crippen molar-refractivity contribution in [3.05, 3.63) is 18.1 Å². The number of oxime groups is 1. The molecule has 1 unspecified atom stereocenters. The molecule has 1 fully saturated rings. The number of morpholine rings is 1. The highest BCUT2D eigenvalue weighted by Gasteiger charge is 2.24. The summed E-state index contributed by atoms with van der Waals surface area (Å²) >= 11 is 0. The lowest BCUT2D eigenvalue weighted by atomic mass is 10.2. The maximum Gasteiger partial charge on any atom is 0.170 e. The van der Waals surface area contributed by atoms with Gasteiger partial charge in [0.25, 0.3) is 0 Å². The Kier molecular flexibility index (Phi) is 3.38. The van der Waals surface area contributed by atoms with Crippen LogP contribution in [-0.2, 0) is 4.74 Å². The van der Waals surface area contributed by atoms with Crippen molar-refractivity contribution in [3.63, 3.8) is 0 Å². The van der Waals surface area contributed by atoms with E-state index >= 15 is 0 Å². The van der Waals surface area contributed by atoms with Crippen molar-refractivity contribution in [2.75, 3.05) is 24.6 Å². The van der Waals surface area contributed by atoms with E-state index in [0.717, 1.165) is 12.4 Å². The minimum atomic E-state index is -0.399. The van der Waals surface area contributed by atoms with Crippen LogP contribution in [0, 0.1) is 6.92 Å². The number of hydrogen-bond acceptors (Lipinski definition) is 6. The molecule has 0 radical (unpaired) electrons. The van der Waals surface area contributed by atoms with Crippen molar-refractivity contribution in [1.82, 2.24) is 9.97 Å². The van der Waals surface area contributed by atoms with Crippen LogP contribution < -0.4 is 10.6 Å². The van der Waals surface area contributed by atoms with Gasteiger partial charge in [0, 0.05) is 12.7 Å². The number of nitrogens with two attached hydrogens (primary N) is 1. The molecule has 1 aliphatic rings. The second kappa shape index (κ2) is 4.96. The number of rotatable bonds is 2. The van der Waals surface area contributed by atoms with Crippen LogP contribution >= 0.6 is 0 Å². The highest BCUT2D eigenvalue weighted by Crippen LogP contribution is 2.14. The van der Waals surface area contributed by atoms with E-state index in [1.807, 2.05) is 17.9 Å². The van der Waals surface area contributed by atoms with Crippen molar-refractivity contribution >= 4 is 11.7 Å². The second-order valence-electron chi connectivity index (χ2n) is 3.79. The fraction of sp³-hybridized carbons (Fsp3) is 0.500. The monoisotopic (exact) mass is 237 g/mol. The third kappa shape index (κ3) is 2.62. The van der Waals surface area contributed by atoms with Crippen LogP contribution in [0.25, 0.3) is 0 Å². The molecule has 0 aliphatic carbocycles. The fourth-order valence-electron chi connectivity index (χ4n) is 1.72. The summed E-state index contributed by atoms with van der Waals surface area (Å²) in [6, 6.07) is 1.83. The van der Waals surface area contributed by atoms with Crippen LogP contribution in [0.4, 0.5) is 5.82 Å². The Morgan fingerprint density at radius 2 is 2.53 bits per heavy atom. The first-order chi connectivity index (χ1) is 8.20. The summed E-state index contributed by atoms with van der Waals surface area (Å²) in [6.45, 7) is 3.60. The highest BCUT2D eigenvalue weighted by atomic mass is 16.5. The highest BCUT2D eigenvalue weighted by molar-refractivity contribution is 5.85. The van der Waals surface area contributed by atoms with Gasteiger partial charge in [0.15, 0.2) is 5.84 Å². The van der Waals surface area contributed by atoms with Crippen molar-refractivity contribution in [2.24, 2.45) is 10.9 Å². The van der Waals surface area contributed by atoms with Crippen molar-refractivity contribution in [2.45, 2.75) is 13.0 Å². The topological polar surface area (TPSA) is 96.9 Å². The molecule has 1 atom stereocenters. The lowest BCUT2D eigenvalue weighted by Gasteiger charge is -2.32. The molecule has 7 nitrogen and oxygen atoms in total. The fourth-order valence-corrected chi connectivity index (χ4v) is 1.72. The molecule has 1 aromatic heterocycles. The van der Waals surface area contributed by atoms with Gasteiger partial charge in [0.05, 0.1) is 13.2 Å². The zero-order valence-electron chi connectivity index (χ0n) is 9.58. The SMILES string of the molecule is Cc1nccc(N2CCOC(/C(N)=N/O)C2)n1. The van der Waals surface area contributed by atoms with E-state index in [4.69, 9.17) is 15.7 Å². The molecule has 0 amide bonds. The predicted molar refractivity (Wildman–Crippen MR) is 62.1 cm³/mol. The summed E-state index contributed by atoms with van der Waals surface area (Å²) in [6.07, 6.45) is 1.31. The minimum absolute atomic E-state index is 0.0838. The molecule has 2 rings (SSSR count). The van der Waals surface area contributed by atoms with Gasteiger partial charge in [0.1, 0.15) is 17.7 Å². The van der Waals surface area contributed by atoms with Gasteiger partial charge in [-0.2, -0.15) is 0 Å². The normalized spacial score (nSPS) is 21.6. The third-order valence-corrected chi connectivity index (χ3v) is 2.60. The maximum atomic E-state index is 8.63. The largest absolute Gasteiger partial charge is 0.409 e. The molecule has 2 heterocycles. The van der Waals surface area contributed by atoms with Gasteiger partial charge < -0.3 is 20.6 Å². The Labute approximate surface area is 98.9 Å². The summed E-state index contributed by atoms with van der Waals surface area (Å²) in [5.41, 5.74) is 5.53. The lowest BCUT2D eigenvalue weighted by molar-refractivity contribution is 0.0804.